The fourth-order valence-electron chi connectivity index (χ4n) is 2.07. The molecule has 2 rings (SSSR count). The standard InChI is InChI=1S/C14H15N3O4/c1-3-6-16-13(4-5-15-16)10-7-11(14(18)21-2)9-12(8-10)17(19)20/h4-5,7-9H,3,6H2,1-2H3. The van der Waals surface area contributed by atoms with Gasteiger partial charge in [-0.3, -0.25) is 14.8 Å². The highest BCUT2D eigenvalue weighted by molar-refractivity contribution is 5.91. The number of hydrogen-bond acceptors (Lipinski definition) is 5. The molecule has 0 unspecified atom stereocenters. The van der Waals surface area contributed by atoms with E-state index >= 15 is 0 Å². The molecule has 1 aromatic heterocycles. The average molecular weight is 289 g/mol. The molecule has 110 valence electrons. The van der Waals surface area contributed by atoms with Crippen LogP contribution < -0.4 is 0 Å². The molecule has 0 N–H and O–H groups in total. The summed E-state index contributed by atoms with van der Waals surface area (Å²) in [5.41, 5.74) is 1.28. The molecule has 21 heavy (non-hydrogen) atoms. The van der Waals surface area contributed by atoms with E-state index in [1.165, 1.54) is 19.2 Å². The van der Waals surface area contributed by atoms with E-state index in [1.54, 1.807) is 23.0 Å². The van der Waals surface area contributed by atoms with E-state index in [0.29, 0.717) is 12.1 Å². The number of ether oxygens (including phenoxy) is 1. The number of carbonyl (C=O) groups excluding carboxylic acids is 1. The summed E-state index contributed by atoms with van der Waals surface area (Å²) in [5.74, 6) is -0.610. The number of nitro benzene ring substituents is 1. The van der Waals surface area contributed by atoms with Gasteiger partial charge in [0.15, 0.2) is 0 Å². The molecule has 0 radical (unpaired) electrons. The van der Waals surface area contributed by atoms with E-state index in [0.717, 1.165) is 12.1 Å². The molecule has 0 saturated carbocycles. The maximum Gasteiger partial charge on any atom is 0.338 e. The maximum atomic E-state index is 11.7. The highest BCUT2D eigenvalue weighted by Gasteiger charge is 2.17. The Morgan fingerprint density at radius 3 is 2.81 bits per heavy atom. The van der Waals surface area contributed by atoms with Gasteiger partial charge < -0.3 is 4.74 Å². The first-order valence-corrected chi connectivity index (χ1v) is 6.46. The Bertz CT molecular complexity index is 679. The summed E-state index contributed by atoms with van der Waals surface area (Å²) in [6.07, 6.45) is 2.51. The lowest BCUT2D eigenvalue weighted by Crippen LogP contribution is -2.05. The van der Waals surface area contributed by atoms with Crippen LogP contribution in [0.3, 0.4) is 0 Å². The van der Waals surface area contributed by atoms with E-state index in [2.05, 4.69) is 9.84 Å². The SMILES string of the molecule is CCCn1nccc1-c1cc(C(=O)OC)cc([N+](=O)[O-])c1. The number of non-ortho nitro benzene ring substituents is 1. The summed E-state index contributed by atoms with van der Waals surface area (Å²) in [4.78, 5) is 22.1. The molecule has 0 spiro atoms. The zero-order chi connectivity index (χ0) is 15.4. The van der Waals surface area contributed by atoms with Gasteiger partial charge in [-0.2, -0.15) is 5.10 Å². The van der Waals surface area contributed by atoms with Crippen molar-refractivity contribution in [2.75, 3.05) is 7.11 Å². The van der Waals surface area contributed by atoms with Crippen molar-refractivity contribution in [2.45, 2.75) is 19.9 Å². The molecule has 0 aliphatic rings. The first kappa shape index (κ1) is 14.7. The predicted octanol–water partition coefficient (Wildman–Crippen LogP) is 2.65. The van der Waals surface area contributed by atoms with Crippen molar-refractivity contribution in [3.8, 4) is 11.3 Å². The van der Waals surface area contributed by atoms with E-state index in [-0.39, 0.29) is 11.3 Å². The lowest BCUT2D eigenvalue weighted by atomic mass is 10.1. The third-order valence-corrected chi connectivity index (χ3v) is 3.00. The summed E-state index contributed by atoms with van der Waals surface area (Å²) in [5, 5.41) is 15.2. The second-order valence-corrected chi connectivity index (χ2v) is 4.46. The Balaban J connectivity index is 2.56. The first-order chi connectivity index (χ1) is 10.1. The van der Waals surface area contributed by atoms with Gasteiger partial charge in [-0.1, -0.05) is 6.92 Å². The summed E-state index contributed by atoms with van der Waals surface area (Å²) >= 11 is 0. The molecule has 0 aliphatic heterocycles. The molecule has 0 bridgehead atoms. The topological polar surface area (TPSA) is 87.3 Å². The van der Waals surface area contributed by atoms with Crippen LogP contribution in [-0.2, 0) is 11.3 Å². The Morgan fingerprint density at radius 1 is 1.43 bits per heavy atom. The average Bonchev–Trinajstić information content (AvgIpc) is 2.94. The monoisotopic (exact) mass is 289 g/mol. The van der Waals surface area contributed by atoms with Crippen LogP contribution in [0.1, 0.15) is 23.7 Å². The number of nitro groups is 1. The summed E-state index contributed by atoms with van der Waals surface area (Å²) in [6.45, 7) is 2.71. The predicted molar refractivity (Wildman–Crippen MR) is 75.9 cm³/mol. The number of nitrogens with zero attached hydrogens (tertiary/aromatic N) is 3. The van der Waals surface area contributed by atoms with Crippen LogP contribution in [-0.4, -0.2) is 27.8 Å². The van der Waals surface area contributed by atoms with E-state index < -0.39 is 10.9 Å². The highest BCUT2D eigenvalue weighted by atomic mass is 16.6. The largest absolute Gasteiger partial charge is 0.465 e. The third-order valence-electron chi connectivity index (χ3n) is 3.00. The van der Waals surface area contributed by atoms with Gasteiger partial charge in [-0.05, 0) is 18.6 Å². The van der Waals surface area contributed by atoms with E-state index in [9.17, 15) is 14.9 Å². The van der Waals surface area contributed by atoms with Crippen LogP contribution in [0.4, 0.5) is 5.69 Å². The van der Waals surface area contributed by atoms with Gasteiger partial charge in [0, 0.05) is 30.4 Å². The minimum atomic E-state index is -0.610. The molecule has 7 heteroatoms. The molecule has 0 atom stereocenters. The van der Waals surface area contributed by atoms with Crippen molar-refractivity contribution >= 4 is 11.7 Å². The van der Waals surface area contributed by atoms with Crippen molar-refractivity contribution < 1.29 is 14.5 Å². The number of aromatic nitrogens is 2. The minimum absolute atomic E-state index is 0.144. The smallest absolute Gasteiger partial charge is 0.338 e. The minimum Gasteiger partial charge on any atom is -0.465 e. The molecule has 1 heterocycles. The lowest BCUT2D eigenvalue weighted by molar-refractivity contribution is -0.384. The van der Waals surface area contributed by atoms with Crippen molar-refractivity contribution in [3.05, 3.63) is 46.1 Å². The fraction of sp³-hybridized carbons (Fsp3) is 0.286. The highest BCUT2D eigenvalue weighted by Crippen LogP contribution is 2.26. The van der Waals surface area contributed by atoms with Crippen molar-refractivity contribution in [1.82, 2.24) is 9.78 Å². The number of aryl methyl sites for hydroxylation is 1. The van der Waals surface area contributed by atoms with Crippen LogP contribution >= 0.6 is 0 Å². The summed E-state index contributed by atoms with van der Waals surface area (Å²) in [6, 6.07) is 5.96. The molecule has 2 aromatic rings. The van der Waals surface area contributed by atoms with Gasteiger partial charge in [0.25, 0.3) is 5.69 Å². The quantitative estimate of drug-likeness (QED) is 0.479. The lowest BCUT2D eigenvalue weighted by Gasteiger charge is -2.08. The zero-order valence-corrected chi connectivity index (χ0v) is 11.8. The van der Waals surface area contributed by atoms with Crippen LogP contribution in [0.15, 0.2) is 30.5 Å². The van der Waals surface area contributed by atoms with Gasteiger partial charge in [0.1, 0.15) is 0 Å². The van der Waals surface area contributed by atoms with Crippen LogP contribution in [0.25, 0.3) is 11.3 Å². The number of rotatable bonds is 5. The number of hydrogen-bond donors (Lipinski definition) is 0. The first-order valence-electron chi connectivity index (χ1n) is 6.46. The molecular formula is C14H15N3O4. The Labute approximate surface area is 121 Å². The summed E-state index contributed by atoms with van der Waals surface area (Å²) in [7, 11) is 1.24. The second kappa shape index (κ2) is 6.17. The van der Waals surface area contributed by atoms with Gasteiger partial charge >= 0.3 is 5.97 Å². The third kappa shape index (κ3) is 3.07. The van der Waals surface area contributed by atoms with E-state index in [4.69, 9.17) is 0 Å². The van der Waals surface area contributed by atoms with Crippen molar-refractivity contribution in [3.63, 3.8) is 0 Å². The molecule has 0 fully saturated rings. The fourth-order valence-corrected chi connectivity index (χ4v) is 2.07. The van der Waals surface area contributed by atoms with Gasteiger partial charge in [-0.25, -0.2) is 4.79 Å². The van der Waals surface area contributed by atoms with Crippen molar-refractivity contribution in [1.29, 1.82) is 0 Å². The maximum absolute atomic E-state index is 11.7. The van der Waals surface area contributed by atoms with Crippen molar-refractivity contribution in [2.24, 2.45) is 0 Å². The van der Waals surface area contributed by atoms with Gasteiger partial charge in [0.2, 0.25) is 0 Å². The number of carbonyl (C=O) groups is 1. The molecule has 0 aliphatic carbocycles. The van der Waals surface area contributed by atoms with Crippen LogP contribution in [0, 0.1) is 10.1 Å². The van der Waals surface area contributed by atoms with E-state index in [1.807, 2.05) is 6.92 Å². The molecule has 0 saturated heterocycles. The molecule has 0 amide bonds. The van der Waals surface area contributed by atoms with Crippen LogP contribution in [0.2, 0.25) is 0 Å². The number of methoxy groups -OCH3 is 1. The second-order valence-electron chi connectivity index (χ2n) is 4.46. The van der Waals surface area contributed by atoms with Gasteiger partial charge in [0.05, 0.1) is 23.3 Å². The number of benzene rings is 1. The van der Waals surface area contributed by atoms with Gasteiger partial charge in [-0.15, -0.1) is 0 Å². The molecule has 1 aromatic carbocycles. The Morgan fingerprint density at radius 2 is 2.19 bits per heavy atom. The Kier molecular flexibility index (Phi) is 4.32. The summed E-state index contributed by atoms with van der Waals surface area (Å²) < 4.78 is 6.39. The van der Waals surface area contributed by atoms with Crippen LogP contribution in [0.5, 0.6) is 0 Å². The Hall–Kier alpha value is -2.70. The number of esters is 1. The molecular weight excluding hydrogens is 274 g/mol. The molecule has 7 nitrogen and oxygen atoms in total. The normalized spacial score (nSPS) is 10.4. The zero-order valence-electron chi connectivity index (χ0n) is 11.8.